The molecule has 0 bridgehead atoms. The Hall–Kier alpha value is -4.39. The van der Waals surface area contributed by atoms with E-state index < -0.39 is 12.0 Å². The normalized spacial score (nSPS) is 12.8. The van der Waals surface area contributed by atoms with Crippen molar-refractivity contribution >= 4 is 11.8 Å². The van der Waals surface area contributed by atoms with E-state index in [0.29, 0.717) is 17.9 Å². The predicted molar refractivity (Wildman–Crippen MR) is 124 cm³/mol. The summed E-state index contributed by atoms with van der Waals surface area (Å²) in [6, 6.07) is 24.3. The molecule has 1 atom stereocenters. The molecule has 0 aliphatic carbocycles. The number of carboxylic acids is 1. The Morgan fingerprint density at radius 2 is 1.61 bits per heavy atom. The highest BCUT2D eigenvalue weighted by Gasteiger charge is 2.19. The first kappa shape index (κ1) is 20.5. The van der Waals surface area contributed by atoms with Crippen LogP contribution in [0.3, 0.4) is 0 Å². The molecule has 1 aliphatic heterocycles. The van der Waals surface area contributed by atoms with Gasteiger partial charge in [-0.25, -0.2) is 14.8 Å². The van der Waals surface area contributed by atoms with Gasteiger partial charge in [-0.15, -0.1) is 0 Å². The van der Waals surface area contributed by atoms with Crippen LogP contribution in [0.15, 0.2) is 85.2 Å². The highest BCUT2D eigenvalue weighted by Crippen LogP contribution is 2.36. The van der Waals surface area contributed by atoms with Crippen LogP contribution in [0.4, 0.5) is 5.82 Å². The highest BCUT2D eigenvalue weighted by atomic mass is 16.7. The van der Waals surface area contributed by atoms with Crippen LogP contribution in [0.2, 0.25) is 0 Å². The van der Waals surface area contributed by atoms with Gasteiger partial charge < -0.3 is 19.9 Å². The average molecular weight is 439 g/mol. The molecule has 3 aromatic carbocycles. The van der Waals surface area contributed by atoms with Crippen molar-refractivity contribution in [3.63, 3.8) is 0 Å². The van der Waals surface area contributed by atoms with Crippen LogP contribution in [0.25, 0.3) is 22.4 Å². The summed E-state index contributed by atoms with van der Waals surface area (Å²) in [4.78, 5) is 20.4. The van der Waals surface area contributed by atoms with E-state index in [1.54, 1.807) is 6.07 Å². The summed E-state index contributed by atoms with van der Waals surface area (Å²) in [5.41, 5.74) is 4.61. The molecule has 2 heterocycles. The molecule has 164 valence electrons. The Kier molecular flexibility index (Phi) is 5.59. The molecule has 1 unspecified atom stereocenters. The van der Waals surface area contributed by atoms with Crippen molar-refractivity contribution < 1.29 is 19.4 Å². The summed E-state index contributed by atoms with van der Waals surface area (Å²) in [7, 11) is 0. The van der Waals surface area contributed by atoms with Crippen molar-refractivity contribution in [2.75, 3.05) is 12.1 Å². The molecule has 0 fully saturated rings. The van der Waals surface area contributed by atoms with Gasteiger partial charge in [0.05, 0.1) is 5.69 Å². The molecule has 7 heteroatoms. The van der Waals surface area contributed by atoms with Crippen LogP contribution >= 0.6 is 0 Å². The van der Waals surface area contributed by atoms with Crippen molar-refractivity contribution in [2.45, 2.75) is 12.5 Å². The third-order valence-electron chi connectivity index (χ3n) is 5.46. The first-order valence-corrected chi connectivity index (χ1v) is 10.5. The minimum Gasteiger partial charge on any atom is -0.480 e. The number of fused-ring (bicyclic) bond motifs is 1. The van der Waals surface area contributed by atoms with Gasteiger partial charge in [0.1, 0.15) is 18.2 Å². The molecule has 0 amide bonds. The standard InChI is InChI=1S/C26H21N3O4/c30-26(31)22(12-17-4-2-1-3-5-17)29-25-14-21(27-15-28-25)19-8-6-18(7-9-19)20-10-11-23-24(13-20)33-16-32-23/h1-11,13-15,22H,12,16H2,(H,30,31)(H,27,28,29). The van der Waals surface area contributed by atoms with E-state index in [9.17, 15) is 9.90 Å². The number of ether oxygens (including phenoxy) is 2. The number of aliphatic carboxylic acids is 1. The molecular formula is C26H21N3O4. The maximum Gasteiger partial charge on any atom is 0.326 e. The number of carbonyl (C=O) groups is 1. The maximum atomic E-state index is 11.8. The predicted octanol–water partition coefficient (Wildman–Crippen LogP) is 4.65. The van der Waals surface area contributed by atoms with Crippen molar-refractivity contribution in [2.24, 2.45) is 0 Å². The van der Waals surface area contributed by atoms with E-state index in [1.165, 1.54) is 6.33 Å². The molecule has 7 nitrogen and oxygen atoms in total. The van der Waals surface area contributed by atoms with Crippen LogP contribution in [0.1, 0.15) is 5.56 Å². The van der Waals surface area contributed by atoms with Gasteiger partial charge in [0.15, 0.2) is 11.5 Å². The third-order valence-corrected chi connectivity index (χ3v) is 5.46. The number of aromatic nitrogens is 2. The quantitative estimate of drug-likeness (QED) is 0.433. The second kappa shape index (κ2) is 9.00. The lowest BCUT2D eigenvalue weighted by Gasteiger charge is -2.15. The summed E-state index contributed by atoms with van der Waals surface area (Å²) in [5, 5.41) is 12.7. The molecule has 2 N–H and O–H groups in total. The lowest BCUT2D eigenvalue weighted by Crippen LogP contribution is -2.31. The minimum absolute atomic E-state index is 0.246. The number of nitrogens with zero attached hydrogens (tertiary/aromatic N) is 2. The molecule has 5 rings (SSSR count). The lowest BCUT2D eigenvalue weighted by atomic mass is 10.0. The fourth-order valence-electron chi connectivity index (χ4n) is 3.73. The van der Waals surface area contributed by atoms with Crippen LogP contribution in [0, 0.1) is 0 Å². The summed E-state index contributed by atoms with van der Waals surface area (Å²) in [6.07, 6.45) is 1.78. The van der Waals surface area contributed by atoms with E-state index in [0.717, 1.165) is 33.8 Å². The number of carboxylic acid groups (broad SMARTS) is 1. The maximum absolute atomic E-state index is 11.8. The number of anilines is 1. The van der Waals surface area contributed by atoms with E-state index in [2.05, 4.69) is 15.3 Å². The zero-order valence-electron chi connectivity index (χ0n) is 17.6. The van der Waals surface area contributed by atoms with Crippen LogP contribution in [-0.4, -0.2) is 33.9 Å². The number of nitrogens with one attached hydrogen (secondary N) is 1. The Morgan fingerprint density at radius 1 is 0.879 bits per heavy atom. The van der Waals surface area contributed by atoms with Crippen LogP contribution < -0.4 is 14.8 Å². The number of hydrogen-bond donors (Lipinski definition) is 2. The van der Waals surface area contributed by atoms with Crippen LogP contribution in [-0.2, 0) is 11.2 Å². The van der Waals surface area contributed by atoms with Crippen molar-refractivity contribution in [3.05, 3.63) is 90.8 Å². The van der Waals surface area contributed by atoms with Crippen molar-refractivity contribution in [3.8, 4) is 33.9 Å². The third kappa shape index (κ3) is 4.62. The average Bonchev–Trinajstić information content (AvgIpc) is 3.33. The fraction of sp³-hybridized carbons (Fsp3) is 0.115. The Balaban J connectivity index is 1.33. The molecule has 0 saturated heterocycles. The lowest BCUT2D eigenvalue weighted by molar-refractivity contribution is -0.137. The zero-order chi connectivity index (χ0) is 22.6. The molecule has 0 saturated carbocycles. The Bertz CT molecular complexity index is 1280. The van der Waals surface area contributed by atoms with E-state index in [1.807, 2.05) is 72.8 Å². The van der Waals surface area contributed by atoms with Gasteiger partial charge in [-0.3, -0.25) is 0 Å². The second-order valence-electron chi connectivity index (χ2n) is 7.66. The first-order valence-electron chi connectivity index (χ1n) is 10.5. The highest BCUT2D eigenvalue weighted by molar-refractivity contribution is 5.78. The van der Waals surface area contributed by atoms with Gasteiger partial charge in [0.2, 0.25) is 6.79 Å². The topological polar surface area (TPSA) is 93.6 Å². The Morgan fingerprint density at radius 3 is 2.39 bits per heavy atom. The van der Waals surface area contributed by atoms with E-state index in [-0.39, 0.29) is 6.79 Å². The fourth-order valence-corrected chi connectivity index (χ4v) is 3.73. The van der Waals surface area contributed by atoms with E-state index in [4.69, 9.17) is 9.47 Å². The zero-order valence-corrected chi connectivity index (χ0v) is 17.6. The summed E-state index contributed by atoms with van der Waals surface area (Å²) >= 11 is 0. The van der Waals surface area contributed by atoms with Gasteiger partial charge in [0, 0.05) is 18.1 Å². The molecule has 4 aromatic rings. The van der Waals surface area contributed by atoms with Crippen molar-refractivity contribution in [1.29, 1.82) is 0 Å². The molecule has 1 aromatic heterocycles. The number of rotatable bonds is 7. The summed E-state index contributed by atoms with van der Waals surface area (Å²) in [5.74, 6) is 1.02. The first-order chi connectivity index (χ1) is 16.2. The summed E-state index contributed by atoms with van der Waals surface area (Å²) < 4.78 is 10.8. The molecule has 0 spiro atoms. The summed E-state index contributed by atoms with van der Waals surface area (Å²) in [6.45, 7) is 0.246. The second-order valence-corrected chi connectivity index (χ2v) is 7.66. The molecule has 0 radical (unpaired) electrons. The monoisotopic (exact) mass is 439 g/mol. The van der Waals surface area contributed by atoms with Crippen LogP contribution in [0.5, 0.6) is 11.5 Å². The van der Waals surface area contributed by atoms with Gasteiger partial charge in [-0.1, -0.05) is 60.7 Å². The van der Waals surface area contributed by atoms with E-state index >= 15 is 0 Å². The minimum atomic E-state index is -0.938. The Labute approximate surface area is 190 Å². The van der Waals surface area contributed by atoms with Gasteiger partial charge in [0.25, 0.3) is 0 Å². The molecular weight excluding hydrogens is 418 g/mol. The van der Waals surface area contributed by atoms with Gasteiger partial charge in [-0.2, -0.15) is 0 Å². The molecule has 1 aliphatic rings. The molecule has 33 heavy (non-hydrogen) atoms. The SMILES string of the molecule is O=C(O)C(Cc1ccccc1)Nc1cc(-c2ccc(-c3ccc4c(c3)OCO4)cc2)ncn1. The largest absolute Gasteiger partial charge is 0.480 e. The number of hydrogen-bond acceptors (Lipinski definition) is 6. The smallest absolute Gasteiger partial charge is 0.326 e. The number of benzene rings is 3. The van der Waals surface area contributed by atoms with Gasteiger partial charge in [-0.05, 0) is 28.8 Å². The van der Waals surface area contributed by atoms with Crippen molar-refractivity contribution in [1.82, 2.24) is 9.97 Å². The van der Waals surface area contributed by atoms with Gasteiger partial charge >= 0.3 is 5.97 Å².